The van der Waals surface area contributed by atoms with E-state index in [0.29, 0.717) is 0 Å². The summed E-state index contributed by atoms with van der Waals surface area (Å²) in [5.74, 6) is 1.08. The molecule has 19 heavy (non-hydrogen) atoms. The Kier molecular flexibility index (Phi) is 3.62. The van der Waals surface area contributed by atoms with E-state index in [9.17, 15) is 0 Å². The lowest BCUT2D eigenvalue weighted by atomic mass is 10.3. The number of hydrogen-bond donors (Lipinski definition) is 1. The molecule has 0 saturated heterocycles. The van der Waals surface area contributed by atoms with Crippen molar-refractivity contribution in [2.75, 3.05) is 6.54 Å². The Hall–Kier alpha value is -1.65. The molecule has 0 fully saturated rings. The second-order valence-electron chi connectivity index (χ2n) is 4.61. The third-order valence-corrected chi connectivity index (χ3v) is 4.00. The monoisotopic (exact) mass is 271 g/mol. The van der Waals surface area contributed by atoms with Gasteiger partial charge in [-0.1, -0.05) is 12.1 Å². The molecule has 0 spiro atoms. The van der Waals surface area contributed by atoms with Crippen molar-refractivity contribution in [3.8, 4) is 0 Å². The summed E-state index contributed by atoms with van der Waals surface area (Å²) < 4.78 is 2.27. The number of para-hydroxylation sites is 2. The van der Waals surface area contributed by atoms with Crippen molar-refractivity contribution in [1.82, 2.24) is 14.9 Å². The zero-order valence-electron chi connectivity index (χ0n) is 11.0. The van der Waals surface area contributed by atoms with Crippen molar-refractivity contribution in [2.45, 2.75) is 20.0 Å². The Labute approximate surface area is 116 Å². The van der Waals surface area contributed by atoms with Crippen LogP contribution in [0.1, 0.15) is 11.4 Å². The molecule has 4 heteroatoms. The van der Waals surface area contributed by atoms with E-state index in [1.165, 1.54) is 11.1 Å². The minimum absolute atomic E-state index is 0.940. The van der Waals surface area contributed by atoms with Gasteiger partial charge in [-0.25, -0.2) is 4.98 Å². The summed E-state index contributed by atoms with van der Waals surface area (Å²) in [6.07, 6.45) is 0. The molecule has 3 rings (SSSR count). The van der Waals surface area contributed by atoms with Gasteiger partial charge >= 0.3 is 0 Å². The first-order chi connectivity index (χ1) is 9.34. The van der Waals surface area contributed by atoms with Crippen LogP contribution in [-0.4, -0.2) is 16.1 Å². The molecule has 2 aromatic heterocycles. The smallest absolute Gasteiger partial charge is 0.106 e. The number of aromatic nitrogens is 2. The molecular formula is C15H17N3S. The number of benzene rings is 1. The highest BCUT2D eigenvalue weighted by molar-refractivity contribution is 7.07. The van der Waals surface area contributed by atoms with Crippen LogP contribution in [0.25, 0.3) is 11.0 Å². The minimum Gasteiger partial charge on any atom is -0.327 e. The summed E-state index contributed by atoms with van der Waals surface area (Å²) >= 11 is 1.74. The van der Waals surface area contributed by atoms with Crippen LogP contribution in [0.15, 0.2) is 41.1 Å². The molecule has 0 unspecified atom stereocenters. The highest BCUT2D eigenvalue weighted by Gasteiger charge is 2.05. The van der Waals surface area contributed by atoms with E-state index < -0.39 is 0 Å². The number of nitrogens with zero attached hydrogens (tertiary/aromatic N) is 2. The molecule has 1 aromatic carbocycles. The van der Waals surface area contributed by atoms with Gasteiger partial charge in [0, 0.05) is 19.6 Å². The second kappa shape index (κ2) is 5.55. The molecule has 0 amide bonds. The Morgan fingerprint density at radius 1 is 1.26 bits per heavy atom. The van der Waals surface area contributed by atoms with Gasteiger partial charge in [0.05, 0.1) is 11.0 Å². The maximum atomic E-state index is 4.58. The van der Waals surface area contributed by atoms with E-state index in [1.807, 2.05) is 6.07 Å². The van der Waals surface area contributed by atoms with Crippen LogP contribution in [0.4, 0.5) is 0 Å². The third-order valence-electron chi connectivity index (χ3n) is 3.27. The maximum absolute atomic E-state index is 4.58. The van der Waals surface area contributed by atoms with E-state index in [1.54, 1.807) is 11.3 Å². The number of nitrogens with one attached hydrogen (secondary N) is 1. The third kappa shape index (κ3) is 2.69. The van der Waals surface area contributed by atoms with Crippen molar-refractivity contribution in [3.05, 3.63) is 52.5 Å². The molecule has 0 aliphatic carbocycles. The van der Waals surface area contributed by atoms with Crippen LogP contribution >= 0.6 is 11.3 Å². The summed E-state index contributed by atoms with van der Waals surface area (Å²) in [6, 6.07) is 10.5. The molecule has 0 aliphatic heterocycles. The van der Waals surface area contributed by atoms with E-state index in [0.717, 1.165) is 31.0 Å². The molecule has 98 valence electrons. The van der Waals surface area contributed by atoms with Crippen LogP contribution in [0.3, 0.4) is 0 Å². The van der Waals surface area contributed by atoms with Crippen molar-refractivity contribution in [2.24, 2.45) is 0 Å². The molecule has 0 radical (unpaired) electrons. The Morgan fingerprint density at radius 2 is 2.16 bits per heavy atom. The molecule has 0 atom stereocenters. The van der Waals surface area contributed by atoms with Gasteiger partial charge in [0.15, 0.2) is 0 Å². The fourth-order valence-corrected chi connectivity index (χ4v) is 2.96. The van der Waals surface area contributed by atoms with E-state index in [2.05, 4.69) is 56.8 Å². The Bertz CT molecular complexity index is 655. The topological polar surface area (TPSA) is 29.9 Å². The summed E-state index contributed by atoms with van der Waals surface area (Å²) in [7, 11) is 0. The molecule has 3 nitrogen and oxygen atoms in total. The summed E-state index contributed by atoms with van der Waals surface area (Å²) in [5.41, 5.74) is 3.66. The van der Waals surface area contributed by atoms with E-state index >= 15 is 0 Å². The van der Waals surface area contributed by atoms with Crippen molar-refractivity contribution in [3.63, 3.8) is 0 Å². The van der Waals surface area contributed by atoms with Crippen LogP contribution < -0.4 is 5.32 Å². The quantitative estimate of drug-likeness (QED) is 0.722. The fraction of sp³-hybridized carbons (Fsp3) is 0.267. The average Bonchev–Trinajstić information content (AvgIpc) is 3.02. The molecule has 2 heterocycles. The first-order valence-electron chi connectivity index (χ1n) is 6.48. The summed E-state index contributed by atoms with van der Waals surface area (Å²) in [4.78, 5) is 4.58. The molecule has 3 aromatic rings. The van der Waals surface area contributed by atoms with Gasteiger partial charge in [-0.2, -0.15) is 11.3 Å². The lowest BCUT2D eigenvalue weighted by Gasteiger charge is -2.07. The first-order valence-corrected chi connectivity index (χ1v) is 7.42. The lowest BCUT2D eigenvalue weighted by molar-refractivity contribution is 0.598. The molecule has 1 N–H and O–H groups in total. The second-order valence-corrected chi connectivity index (χ2v) is 5.39. The minimum atomic E-state index is 0.940. The van der Waals surface area contributed by atoms with Gasteiger partial charge in [-0.05, 0) is 41.4 Å². The zero-order chi connectivity index (χ0) is 13.1. The van der Waals surface area contributed by atoms with Crippen LogP contribution in [0.2, 0.25) is 0 Å². The number of hydrogen-bond acceptors (Lipinski definition) is 3. The van der Waals surface area contributed by atoms with Gasteiger partial charge in [0.1, 0.15) is 5.82 Å². The van der Waals surface area contributed by atoms with Gasteiger partial charge in [0.25, 0.3) is 0 Å². The lowest BCUT2D eigenvalue weighted by Crippen LogP contribution is -2.19. The standard InChI is InChI=1S/C15H17N3S/c1-12-17-14-4-2-3-5-15(14)18(12)8-7-16-10-13-6-9-19-11-13/h2-6,9,11,16H,7-8,10H2,1H3. The van der Waals surface area contributed by atoms with Crippen molar-refractivity contribution < 1.29 is 0 Å². The summed E-state index contributed by atoms with van der Waals surface area (Å²) in [5, 5.41) is 7.78. The highest BCUT2D eigenvalue weighted by Crippen LogP contribution is 2.14. The van der Waals surface area contributed by atoms with Gasteiger partial charge in [-0.15, -0.1) is 0 Å². The van der Waals surface area contributed by atoms with E-state index in [4.69, 9.17) is 0 Å². The number of thiophene rings is 1. The Balaban J connectivity index is 1.63. The largest absolute Gasteiger partial charge is 0.327 e. The van der Waals surface area contributed by atoms with E-state index in [-0.39, 0.29) is 0 Å². The van der Waals surface area contributed by atoms with Crippen LogP contribution in [0.5, 0.6) is 0 Å². The zero-order valence-corrected chi connectivity index (χ0v) is 11.8. The van der Waals surface area contributed by atoms with Gasteiger partial charge in [-0.3, -0.25) is 0 Å². The Morgan fingerprint density at radius 3 is 3.00 bits per heavy atom. The number of rotatable bonds is 5. The molecular weight excluding hydrogens is 254 g/mol. The molecule has 0 aliphatic rings. The fourth-order valence-electron chi connectivity index (χ4n) is 2.30. The SMILES string of the molecule is Cc1nc2ccccc2n1CCNCc1ccsc1. The summed E-state index contributed by atoms with van der Waals surface area (Å²) in [6.45, 7) is 4.92. The average molecular weight is 271 g/mol. The molecule has 0 bridgehead atoms. The van der Waals surface area contributed by atoms with Gasteiger partial charge in [0.2, 0.25) is 0 Å². The predicted octanol–water partition coefficient (Wildman–Crippen LogP) is 3.20. The normalized spacial score (nSPS) is 11.2. The molecule has 0 saturated carbocycles. The maximum Gasteiger partial charge on any atom is 0.106 e. The first kappa shape index (κ1) is 12.4. The predicted molar refractivity (Wildman–Crippen MR) is 80.5 cm³/mol. The number of imidazole rings is 1. The van der Waals surface area contributed by atoms with Gasteiger partial charge < -0.3 is 9.88 Å². The highest BCUT2D eigenvalue weighted by atomic mass is 32.1. The number of aryl methyl sites for hydroxylation is 1. The van der Waals surface area contributed by atoms with Crippen LogP contribution in [0, 0.1) is 6.92 Å². The number of fused-ring (bicyclic) bond motifs is 1. The van der Waals surface area contributed by atoms with Crippen molar-refractivity contribution >= 4 is 22.4 Å². The van der Waals surface area contributed by atoms with Crippen molar-refractivity contribution in [1.29, 1.82) is 0 Å². The van der Waals surface area contributed by atoms with Crippen LogP contribution in [-0.2, 0) is 13.1 Å².